The number of hydrogen-bond acceptors (Lipinski definition) is 4. The van der Waals surface area contributed by atoms with E-state index in [1.54, 1.807) is 11.3 Å². The van der Waals surface area contributed by atoms with Crippen molar-refractivity contribution in [3.05, 3.63) is 70.5 Å². The van der Waals surface area contributed by atoms with Crippen molar-refractivity contribution in [1.29, 1.82) is 0 Å². The van der Waals surface area contributed by atoms with E-state index in [0.717, 1.165) is 32.2 Å². The van der Waals surface area contributed by atoms with Crippen LogP contribution in [0.1, 0.15) is 11.4 Å². The lowest BCUT2D eigenvalue weighted by atomic mass is 10.1. The monoisotopic (exact) mass is 370 g/mol. The van der Waals surface area contributed by atoms with E-state index in [2.05, 4.69) is 49.4 Å². The number of hydrogen-bond donors (Lipinski definition) is 0. The number of halogens is 1. The number of benzene rings is 2. The molecule has 0 N–H and O–H groups in total. The van der Waals surface area contributed by atoms with Crippen LogP contribution in [0.2, 0.25) is 0 Å². The Morgan fingerprint density at radius 3 is 2.68 bits per heavy atom. The van der Waals surface area contributed by atoms with Gasteiger partial charge in [0.15, 0.2) is 5.82 Å². The highest BCUT2D eigenvalue weighted by atomic mass is 79.9. The lowest BCUT2D eigenvalue weighted by Crippen LogP contribution is -1.97. The van der Waals surface area contributed by atoms with Crippen molar-refractivity contribution in [2.24, 2.45) is 0 Å². The lowest BCUT2D eigenvalue weighted by molar-refractivity contribution is 0.854. The van der Waals surface area contributed by atoms with Crippen molar-refractivity contribution >= 4 is 32.2 Å². The number of aromatic nitrogens is 4. The Hall–Kier alpha value is -2.05. The number of rotatable bonds is 3. The average molecular weight is 371 g/mol. The number of nitrogens with zero attached hydrogens (tertiary/aromatic N) is 4. The Kier molecular flexibility index (Phi) is 3.48. The molecular formula is C16H11BrN4S. The highest BCUT2D eigenvalue weighted by molar-refractivity contribution is 9.10. The standard InChI is InChI=1S/C16H11BrN4S/c17-13-8-4-7-12(10-13)15-20-21-14(18-19-16(21)22-15)9-11-5-2-1-3-6-11/h1-8,10H,9H2. The van der Waals surface area contributed by atoms with Gasteiger partial charge in [-0.3, -0.25) is 0 Å². The summed E-state index contributed by atoms with van der Waals surface area (Å²) in [6.07, 6.45) is 0.726. The largest absolute Gasteiger partial charge is 0.234 e. The summed E-state index contributed by atoms with van der Waals surface area (Å²) in [5, 5.41) is 14.1. The predicted octanol–water partition coefficient (Wildman–Crippen LogP) is 4.21. The van der Waals surface area contributed by atoms with Crippen LogP contribution in [-0.2, 0) is 6.42 Å². The van der Waals surface area contributed by atoms with Crippen LogP contribution < -0.4 is 0 Å². The van der Waals surface area contributed by atoms with Gasteiger partial charge in [-0.15, -0.1) is 10.2 Å². The summed E-state index contributed by atoms with van der Waals surface area (Å²) < 4.78 is 2.88. The molecule has 0 saturated carbocycles. The first kappa shape index (κ1) is 13.6. The molecule has 0 aliphatic rings. The molecule has 4 rings (SSSR count). The summed E-state index contributed by atoms with van der Waals surface area (Å²) >= 11 is 5.04. The van der Waals surface area contributed by atoms with Gasteiger partial charge in [0.05, 0.1) is 0 Å². The van der Waals surface area contributed by atoms with E-state index in [1.165, 1.54) is 5.56 Å². The maximum absolute atomic E-state index is 4.67. The lowest BCUT2D eigenvalue weighted by Gasteiger charge is -1.98. The summed E-state index contributed by atoms with van der Waals surface area (Å²) in [4.78, 5) is 0.820. The van der Waals surface area contributed by atoms with Gasteiger partial charge < -0.3 is 0 Å². The summed E-state index contributed by atoms with van der Waals surface area (Å²) in [7, 11) is 0. The molecule has 0 fully saturated rings. The van der Waals surface area contributed by atoms with Gasteiger partial charge in [-0.05, 0) is 17.7 Å². The minimum atomic E-state index is 0.726. The third kappa shape index (κ3) is 2.55. The molecule has 2 aromatic carbocycles. The fraction of sp³-hybridized carbons (Fsp3) is 0.0625. The van der Waals surface area contributed by atoms with Gasteiger partial charge in [0, 0.05) is 16.5 Å². The highest BCUT2D eigenvalue weighted by Crippen LogP contribution is 2.27. The van der Waals surface area contributed by atoms with Gasteiger partial charge in [-0.25, -0.2) is 0 Å². The Morgan fingerprint density at radius 1 is 1.00 bits per heavy atom. The van der Waals surface area contributed by atoms with Gasteiger partial charge >= 0.3 is 0 Å². The summed E-state index contributed by atoms with van der Waals surface area (Å²) in [6.45, 7) is 0. The van der Waals surface area contributed by atoms with Gasteiger partial charge in [0.1, 0.15) is 5.01 Å². The smallest absolute Gasteiger partial charge is 0.187 e. The van der Waals surface area contributed by atoms with Gasteiger partial charge in [0.25, 0.3) is 0 Å². The van der Waals surface area contributed by atoms with E-state index in [9.17, 15) is 0 Å². The second kappa shape index (κ2) is 5.62. The van der Waals surface area contributed by atoms with Crippen molar-refractivity contribution in [3.63, 3.8) is 0 Å². The molecule has 0 radical (unpaired) electrons. The van der Waals surface area contributed by atoms with Crippen LogP contribution in [0, 0.1) is 0 Å². The number of fused-ring (bicyclic) bond motifs is 1. The van der Waals surface area contributed by atoms with Gasteiger partial charge in [-0.1, -0.05) is 69.7 Å². The molecule has 4 aromatic rings. The quantitative estimate of drug-likeness (QED) is 0.542. The summed E-state index contributed by atoms with van der Waals surface area (Å²) in [5.41, 5.74) is 2.28. The van der Waals surface area contributed by atoms with E-state index < -0.39 is 0 Å². The molecule has 2 aromatic heterocycles. The van der Waals surface area contributed by atoms with Crippen LogP contribution in [0.15, 0.2) is 59.1 Å². The molecule has 0 aliphatic heterocycles. The van der Waals surface area contributed by atoms with Crippen LogP contribution in [0.5, 0.6) is 0 Å². The Morgan fingerprint density at radius 2 is 1.86 bits per heavy atom. The van der Waals surface area contributed by atoms with Gasteiger partial charge in [-0.2, -0.15) is 9.61 Å². The Bertz CT molecular complexity index is 930. The molecular weight excluding hydrogens is 360 g/mol. The predicted molar refractivity (Wildman–Crippen MR) is 91.0 cm³/mol. The Labute approximate surface area is 139 Å². The normalized spacial score (nSPS) is 11.1. The van der Waals surface area contributed by atoms with E-state index in [4.69, 9.17) is 0 Å². The van der Waals surface area contributed by atoms with E-state index in [-0.39, 0.29) is 0 Å². The maximum atomic E-state index is 4.67. The minimum absolute atomic E-state index is 0.726. The second-order valence-corrected chi connectivity index (χ2v) is 6.76. The first-order valence-electron chi connectivity index (χ1n) is 6.80. The van der Waals surface area contributed by atoms with E-state index in [1.807, 2.05) is 40.9 Å². The molecule has 0 atom stereocenters. The summed E-state index contributed by atoms with van der Waals surface area (Å²) in [5.74, 6) is 0.860. The van der Waals surface area contributed by atoms with Crippen molar-refractivity contribution in [3.8, 4) is 10.6 Å². The minimum Gasteiger partial charge on any atom is -0.187 e. The van der Waals surface area contributed by atoms with Crippen LogP contribution in [0.3, 0.4) is 0 Å². The molecule has 0 bridgehead atoms. The van der Waals surface area contributed by atoms with Crippen LogP contribution >= 0.6 is 27.3 Å². The average Bonchev–Trinajstić information content (AvgIpc) is 3.11. The summed E-state index contributed by atoms with van der Waals surface area (Å²) in [6, 6.07) is 18.4. The molecule has 0 saturated heterocycles. The molecule has 2 heterocycles. The van der Waals surface area contributed by atoms with Gasteiger partial charge in [0.2, 0.25) is 4.96 Å². The fourth-order valence-electron chi connectivity index (χ4n) is 2.28. The van der Waals surface area contributed by atoms with Crippen LogP contribution in [0.4, 0.5) is 0 Å². The molecule has 108 valence electrons. The Balaban J connectivity index is 1.73. The van der Waals surface area contributed by atoms with Crippen molar-refractivity contribution in [2.75, 3.05) is 0 Å². The molecule has 0 amide bonds. The zero-order valence-electron chi connectivity index (χ0n) is 11.5. The van der Waals surface area contributed by atoms with E-state index in [0.29, 0.717) is 0 Å². The first-order chi connectivity index (χ1) is 10.8. The zero-order chi connectivity index (χ0) is 14.9. The van der Waals surface area contributed by atoms with Crippen molar-refractivity contribution in [2.45, 2.75) is 6.42 Å². The molecule has 0 unspecified atom stereocenters. The molecule has 4 nitrogen and oxygen atoms in total. The van der Waals surface area contributed by atoms with Crippen molar-refractivity contribution in [1.82, 2.24) is 19.8 Å². The highest BCUT2D eigenvalue weighted by Gasteiger charge is 2.13. The third-order valence-electron chi connectivity index (χ3n) is 3.33. The third-order valence-corrected chi connectivity index (χ3v) is 4.77. The van der Waals surface area contributed by atoms with Crippen molar-refractivity contribution < 1.29 is 0 Å². The van der Waals surface area contributed by atoms with E-state index >= 15 is 0 Å². The topological polar surface area (TPSA) is 43.1 Å². The first-order valence-corrected chi connectivity index (χ1v) is 8.41. The zero-order valence-corrected chi connectivity index (χ0v) is 13.9. The molecule has 0 aliphatic carbocycles. The molecule has 6 heteroatoms. The van der Waals surface area contributed by atoms with Crippen LogP contribution in [-0.4, -0.2) is 19.8 Å². The van der Waals surface area contributed by atoms with Crippen LogP contribution in [0.25, 0.3) is 15.5 Å². The molecule has 0 spiro atoms. The maximum Gasteiger partial charge on any atom is 0.234 e. The second-order valence-electron chi connectivity index (χ2n) is 4.89. The SMILES string of the molecule is Brc1cccc(-c2nn3c(Cc4ccccc4)nnc3s2)c1. The molecule has 22 heavy (non-hydrogen) atoms. The fourth-order valence-corrected chi connectivity index (χ4v) is 3.54.